The van der Waals surface area contributed by atoms with Crippen molar-refractivity contribution in [1.82, 2.24) is 0 Å². The average molecular weight is 365 g/mol. The summed E-state index contributed by atoms with van der Waals surface area (Å²) in [7, 11) is 1.46. The molecule has 114 valence electrons. The zero-order valence-electron chi connectivity index (χ0n) is 11.8. The first-order valence-electron chi connectivity index (χ1n) is 6.48. The molecule has 0 unspecified atom stereocenters. The van der Waals surface area contributed by atoms with Crippen LogP contribution in [0.1, 0.15) is 27.1 Å². The van der Waals surface area contributed by atoms with E-state index in [1.165, 1.54) is 13.2 Å². The van der Waals surface area contributed by atoms with Crippen LogP contribution < -0.4 is 0 Å². The van der Waals surface area contributed by atoms with Gasteiger partial charge in [0.1, 0.15) is 0 Å². The number of rotatable bonds is 5. The lowest BCUT2D eigenvalue weighted by Gasteiger charge is -2.16. The molecule has 0 aromatic heterocycles. The number of fused-ring (bicyclic) bond motifs is 1. The second-order valence-electron chi connectivity index (χ2n) is 4.65. The van der Waals surface area contributed by atoms with E-state index in [0.29, 0.717) is 5.56 Å². The minimum Gasteiger partial charge on any atom is -0.478 e. The molecule has 0 heterocycles. The Morgan fingerprint density at radius 1 is 1.23 bits per heavy atom. The Morgan fingerprint density at radius 2 is 1.82 bits per heavy atom. The zero-order chi connectivity index (χ0) is 16.3. The molecule has 1 aliphatic carbocycles. The molecule has 5 nitrogen and oxygen atoms in total. The van der Waals surface area contributed by atoms with Crippen LogP contribution in [0.2, 0.25) is 0 Å². The van der Waals surface area contributed by atoms with Crippen LogP contribution in [-0.2, 0) is 9.53 Å². The third kappa shape index (κ3) is 3.08. The molecule has 1 aromatic rings. The van der Waals surface area contributed by atoms with E-state index in [4.69, 9.17) is 4.74 Å². The summed E-state index contributed by atoms with van der Waals surface area (Å²) in [5.74, 6) is -1.86. The highest BCUT2D eigenvalue weighted by Crippen LogP contribution is 2.31. The summed E-state index contributed by atoms with van der Waals surface area (Å²) >= 11 is 3.12. The number of ketones is 2. The summed E-state index contributed by atoms with van der Waals surface area (Å²) < 4.78 is 4.94. The second kappa shape index (κ2) is 6.81. The van der Waals surface area contributed by atoms with E-state index in [9.17, 15) is 19.5 Å². The van der Waals surface area contributed by atoms with Crippen molar-refractivity contribution in [3.05, 3.63) is 57.1 Å². The first kappa shape index (κ1) is 16.3. The van der Waals surface area contributed by atoms with E-state index in [1.807, 2.05) is 0 Å². The summed E-state index contributed by atoms with van der Waals surface area (Å²) in [6.45, 7) is 0.210. The number of benzene rings is 1. The van der Waals surface area contributed by atoms with Gasteiger partial charge in [0.15, 0.2) is 5.78 Å². The van der Waals surface area contributed by atoms with E-state index >= 15 is 0 Å². The van der Waals surface area contributed by atoms with Crippen molar-refractivity contribution in [1.29, 1.82) is 0 Å². The number of carbonyl (C=O) groups is 3. The summed E-state index contributed by atoms with van der Waals surface area (Å²) in [6, 6.07) is 6.46. The predicted octanol–water partition coefficient (Wildman–Crippen LogP) is 2.76. The number of methoxy groups -OCH3 is 1. The standard InChI is InChI=1S/C16H13BrO5/c1-22-7-6-9(16(20)21)8-12-13(17)15(19)11-5-3-2-4-10(11)14(12)18/h2-5,8H,6-7H2,1H3,(H,20,21)/b9-8+. The third-order valence-corrected chi connectivity index (χ3v) is 4.05. The van der Waals surface area contributed by atoms with Crippen LogP contribution in [0.5, 0.6) is 0 Å². The quantitative estimate of drug-likeness (QED) is 0.812. The van der Waals surface area contributed by atoms with Crippen LogP contribution in [0.15, 0.2) is 46.0 Å². The summed E-state index contributed by atoms with van der Waals surface area (Å²) in [5.41, 5.74) is 0.648. The molecule has 0 fully saturated rings. The van der Waals surface area contributed by atoms with Gasteiger partial charge in [-0.1, -0.05) is 24.3 Å². The molecule has 2 rings (SSSR count). The highest BCUT2D eigenvalue weighted by atomic mass is 79.9. The molecule has 1 aromatic carbocycles. The van der Waals surface area contributed by atoms with Gasteiger partial charge in [0, 0.05) is 35.8 Å². The number of hydrogen-bond acceptors (Lipinski definition) is 4. The molecule has 0 spiro atoms. The van der Waals surface area contributed by atoms with Gasteiger partial charge in [-0.05, 0) is 22.0 Å². The predicted molar refractivity (Wildman–Crippen MR) is 83.3 cm³/mol. The van der Waals surface area contributed by atoms with Gasteiger partial charge in [-0.2, -0.15) is 0 Å². The molecular formula is C16H13BrO5. The van der Waals surface area contributed by atoms with Crippen molar-refractivity contribution in [2.24, 2.45) is 0 Å². The van der Waals surface area contributed by atoms with Crippen LogP contribution in [0, 0.1) is 0 Å². The maximum absolute atomic E-state index is 12.5. The molecule has 0 saturated heterocycles. The summed E-state index contributed by atoms with van der Waals surface area (Å²) in [6.07, 6.45) is 1.38. The number of halogens is 1. The van der Waals surface area contributed by atoms with E-state index in [-0.39, 0.29) is 45.8 Å². The molecule has 0 radical (unpaired) electrons. The van der Waals surface area contributed by atoms with Crippen LogP contribution in [0.3, 0.4) is 0 Å². The third-order valence-electron chi connectivity index (χ3n) is 3.27. The number of carboxylic acids is 1. The maximum Gasteiger partial charge on any atom is 0.331 e. The second-order valence-corrected chi connectivity index (χ2v) is 5.44. The first-order chi connectivity index (χ1) is 10.5. The van der Waals surface area contributed by atoms with E-state index < -0.39 is 5.97 Å². The molecule has 0 atom stereocenters. The topological polar surface area (TPSA) is 80.7 Å². The van der Waals surface area contributed by atoms with Gasteiger partial charge in [-0.3, -0.25) is 9.59 Å². The minimum atomic E-state index is -1.15. The lowest BCUT2D eigenvalue weighted by Crippen LogP contribution is -2.19. The molecule has 0 amide bonds. The maximum atomic E-state index is 12.5. The number of ether oxygens (including phenoxy) is 1. The van der Waals surface area contributed by atoms with Crippen LogP contribution >= 0.6 is 15.9 Å². The number of carboxylic acid groups (broad SMARTS) is 1. The fraction of sp³-hybridized carbons (Fsp3) is 0.188. The fourth-order valence-corrected chi connectivity index (χ4v) is 2.63. The van der Waals surface area contributed by atoms with E-state index in [0.717, 1.165) is 0 Å². The largest absolute Gasteiger partial charge is 0.478 e. The van der Waals surface area contributed by atoms with Crippen molar-refractivity contribution in [3.8, 4) is 0 Å². The monoisotopic (exact) mass is 364 g/mol. The van der Waals surface area contributed by atoms with Gasteiger partial charge >= 0.3 is 5.97 Å². The van der Waals surface area contributed by atoms with Crippen LogP contribution in [-0.4, -0.2) is 36.4 Å². The summed E-state index contributed by atoms with van der Waals surface area (Å²) in [5, 5.41) is 9.21. The molecule has 1 N–H and O–H groups in total. The van der Waals surface area contributed by atoms with Crippen LogP contribution in [0.4, 0.5) is 0 Å². The van der Waals surface area contributed by atoms with Crippen molar-refractivity contribution in [2.45, 2.75) is 6.42 Å². The average Bonchev–Trinajstić information content (AvgIpc) is 2.52. The van der Waals surface area contributed by atoms with Gasteiger partial charge in [0.05, 0.1) is 11.1 Å². The minimum absolute atomic E-state index is 0.00864. The number of hydrogen-bond donors (Lipinski definition) is 1. The smallest absolute Gasteiger partial charge is 0.331 e. The number of aliphatic carboxylic acids is 1. The molecule has 0 saturated carbocycles. The number of Topliss-reactive ketones (excluding diaryl/α,β-unsaturated/α-hetero) is 2. The highest BCUT2D eigenvalue weighted by molar-refractivity contribution is 9.12. The van der Waals surface area contributed by atoms with E-state index in [2.05, 4.69) is 15.9 Å². The number of allylic oxidation sites excluding steroid dienone is 3. The van der Waals surface area contributed by atoms with Crippen molar-refractivity contribution in [2.75, 3.05) is 13.7 Å². The first-order valence-corrected chi connectivity index (χ1v) is 7.27. The Morgan fingerprint density at radius 3 is 2.36 bits per heavy atom. The lowest BCUT2D eigenvalue weighted by atomic mass is 9.88. The Bertz CT molecular complexity index is 715. The number of carbonyl (C=O) groups excluding carboxylic acids is 2. The molecule has 6 heteroatoms. The van der Waals surface area contributed by atoms with E-state index in [1.54, 1.807) is 24.3 Å². The lowest BCUT2D eigenvalue weighted by molar-refractivity contribution is -0.132. The molecular weight excluding hydrogens is 352 g/mol. The highest BCUT2D eigenvalue weighted by Gasteiger charge is 2.30. The van der Waals surface area contributed by atoms with Gasteiger partial charge in [0.25, 0.3) is 0 Å². The van der Waals surface area contributed by atoms with Gasteiger partial charge < -0.3 is 9.84 Å². The van der Waals surface area contributed by atoms with Crippen LogP contribution in [0.25, 0.3) is 0 Å². The van der Waals surface area contributed by atoms with Gasteiger partial charge in [0.2, 0.25) is 5.78 Å². The Balaban J connectivity index is 2.50. The molecule has 0 aliphatic heterocycles. The Labute approximate surface area is 135 Å². The SMILES string of the molecule is COCC/C(=C\C1=C(Br)C(=O)c2ccccc2C1=O)C(=O)O. The zero-order valence-corrected chi connectivity index (χ0v) is 13.3. The summed E-state index contributed by atoms with van der Waals surface area (Å²) in [4.78, 5) is 36.0. The fourth-order valence-electron chi connectivity index (χ4n) is 2.12. The van der Waals surface area contributed by atoms with Crippen molar-refractivity contribution in [3.63, 3.8) is 0 Å². The van der Waals surface area contributed by atoms with Gasteiger partial charge in [-0.15, -0.1) is 0 Å². The molecule has 0 bridgehead atoms. The molecule has 22 heavy (non-hydrogen) atoms. The Hall–Kier alpha value is -2.05. The Kier molecular flexibility index (Phi) is 5.05. The van der Waals surface area contributed by atoms with Gasteiger partial charge in [-0.25, -0.2) is 4.79 Å². The molecule has 1 aliphatic rings. The van der Waals surface area contributed by atoms with Crippen molar-refractivity contribution < 1.29 is 24.2 Å². The van der Waals surface area contributed by atoms with Crippen molar-refractivity contribution >= 4 is 33.5 Å². The normalized spacial score (nSPS) is 15.1.